The summed E-state index contributed by atoms with van der Waals surface area (Å²) in [5.74, 6) is -4.18. The van der Waals surface area contributed by atoms with Crippen molar-refractivity contribution in [2.75, 3.05) is 6.61 Å². The highest BCUT2D eigenvalue weighted by molar-refractivity contribution is 5.97. The molecule has 0 radical (unpaired) electrons. The zero-order chi connectivity index (χ0) is 18.8. The average molecular weight is 361 g/mol. The number of aromatic carboxylic acids is 1. The molecule has 6 nitrogen and oxygen atoms in total. The van der Waals surface area contributed by atoms with Gasteiger partial charge in [0.05, 0.1) is 5.52 Å². The van der Waals surface area contributed by atoms with Crippen LogP contribution in [0.4, 0.5) is 8.78 Å². The number of hydrogen-bond acceptors (Lipinski definition) is 3. The molecule has 0 fully saturated rings. The fraction of sp³-hybridized carbons (Fsp3) is 0.111. The summed E-state index contributed by atoms with van der Waals surface area (Å²) in [6.45, 7) is -0.583. The van der Waals surface area contributed by atoms with Gasteiger partial charge in [-0.3, -0.25) is 0 Å². The highest BCUT2D eigenvalue weighted by atomic mass is 19.2. The first kappa shape index (κ1) is 17.4. The molecule has 8 heteroatoms. The fourth-order valence-corrected chi connectivity index (χ4v) is 2.69. The summed E-state index contributed by atoms with van der Waals surface area (Å²) in [7, 11) is 0. The molecule has 0 unspecified atom stereocenters. The zero-order valence-electron chi connectivity index (χ0n) is 13.3. The average Bonchev–Trinajstić information content (AvgIpc) is 2.96. The van der Waals surface area contributed by atoms with E-state index in [0.717, 1.165) is 12.1 Å². The largest absolute Gasteiger partial charge is 0.481 e. The van der Waals surface area contributed by atoms with Crippen LogP contribution >= 0.6 is 0 Å². The number of aromatic nitrogens is 1. The fourth-order valence-electron chi connectivity index (χ4n) is 2.69. The van der Waals surface area contributed by atoms with E-state index in [-0.39, 0.29) is 18.0 Å². The summed E-state index contributed by atoms with van der Waals surface area (Å²) in [6, 6.07) is 9.44. The molecule has 0 saturated heterocycles. The minimum Gasteiger partial charge on any atom is -0.481 e. The molecule has 0 aliphatic heterocycles. The minimum absolute atomic E-state index is 0.00921. The van der Waals surface area contributed by atoms with Crippen LogP contribution < -0.4 is 4.74 Å². The van der Waals surface area contributed by atoms with Gasteiger partial charge in [0, 0.05) is 11.9 Å². The molecule has 3 rings (SSSR count). The predicted molar refractivity (Wildman–Crippen MR) is 87.5 cm³/mol. The number of rotatable bonds is 6. The lowest BCUT2D eigenvalue weighted by Gasteiger charge is -2.10. The van der Waals surface area contributed by atoms with Gasteiger partial charge in [0.25, 0.3) is 0 Å². The SMILES string of the molecule is O=C(O)COc1cccc2c1cc(C(=O)O)n2Cc1ccc(F)c(F)c1. The standard InChI is InChI=1S/C18H13F2NO5/c19-12-5-4-10(6-13(12)20)8-21-14-2-1-3-16(26-9-17(22)23)11(14)7-15(21)18(24)25/h1-7H,8-9H2,(H,22,23)(H,24,25). The van der Waals surface area contributed by atoms with Crippen LogP contribution in [0, 0.1) is 11.6 Å². The number of halogens is 2. The molecule has 0 aliphatic rings. The Balaban J connectivity index is 2.09. The Morgan fingerprint density at radius 1 is 1.04 bits per heavy atom. The third-order valence-electron chi connectivity index (χ3n) is 3.80. The Morgan fingerprint density at radius 2 is 1.81 bits per heavy atom. The smallest absolute Gasteiger partial charge is 0.352 e. The molecule has 0 spiro atoms. The van der Waals surface area contributed by atoms with E-state index < -0.39 is 30.2 Å². The van der Waals surface area contributed by atoms with Gasteiger partial charge in [0.1, 0.15) is 11.4 Å². The summed E-state index contributed by atoms with van der Waals surface area (Å²) >= 11 is 0. The van der Waals surface area contributed by atoms with E-state index in [1.807, 2.05) is 0 Å². The number of hydrogen-bond donors (Lipinski definition) is 2. The van der Waals surface area contributed by atoms with Gasteiger partial charge in [0.15, 0.2) is 18.2 Å². The first-order chi connectivity index (χ1) is 12.4. The topological polar surface area (TPSA) is 88.8 Å². The number of carboxylic acid groups (broad SMARTS) is 2. The van der Waals surface area contributed by atoms with Crippen molar-refractivity contribution in [3.8, 4) is 5.75 Å². The van der Waals surface area contributed by atoms with Crippen LogP contribution in [-0.2, 0) is 11.3 Å². The van der Waals surface area contributed by atoms with Crippen LogP contribution in [0.15, 0.2) is 42.5 Å². The van der Waals surface area contributed by atoms with Gasteiger partial charge in [0.2, 0.25) is 0 Å². The van der Waals surface area contributed by atoms with Gasteiger partial charge in [-0.05, 0) is 35.9 Å². The molecular weight excluding hydrogens is 348 g/mol. The molecule has 26 heavy (non-hydrogen) atoms. The molecule has 3 aromatic rings. The third-order valence-corrected chi connectivity index (χ3v) is 3.80. The first-order valence-corrected chi connectivity index (χ1v) is 7.51. The first-order valence-electron chi connectivity index (χ1n) is 7.51. The van der Waals surface area contributed by atoms with Crippen molar-refractivity contribution in [3.63, 3.8) is 0 Å². The van der Waals surface area contributed by atoms with E-state index in [9.17, 15) is 23.5 Å². The second-order valence-electron chi connectivity index (χ2n) is 5.54. The van der Waals surface area contributed by atoms with E-state index in [4.69, 9.17) is 9.84 Å². The van der Waals surface area contributed by atoms with Gasteiger partial charge >= 0.3 is 11.9 Å². The van der Waals surface area contributed by atoms with Crippen molar-refractivity contribution in [1.29, 1.82) is 0 Å². The van der Waals surface area contributed by atoms with Crippen LogP contribution in [0.2, 0.25) is 0 Å². The van der Waals surface area contributed by atoms with Crippen molar-refractivity contribution < 1.29 is 33.3 Å². The molecule has 0 bridgehead atoms. The minimum atomic E-state index is -1.21. The highest BCUT2D eigenvalue weighted by Gasteiger charge is 2.18. The summed E-state index contributed by atoms with van der Waals surface area (Å²) in [4.78, 5) is 22.3. The molecule has 1 aromatic heterocycles. The Labute approximate surface area is 145 Å². The zero-order valence-corrected chi connectivity index (χ0v) is 13.3. The van der Waals surface area contributed by atoms with E-state index in [1.54, 1.807) is 12.1 Å². The summed E-state index contributed by atoms with van der Waals surface area (Å²) < 4.78 is 33.2. The molecule has 134 valence electrons. The number of carbonyl (C=O) groups is 2. The maximum atomic E-state index is 13.4. The molecule has 1 heterocycles. The molecule has 2 N–H and O–H groups in total. The second-order valence-corrected chi connectivity index (χ2v) is 5.54. The van der Waals surface area contributed by atoms with Crippen molar-refractivity contribution in [1.82, 2.24) is 4.57 Å². The Morgan fingerprint density at radius 3 is 2.46 bits per heavy atom. The number of fused-ring (bicyclic) bond motifs is 1. The quantitative estimate of drug-likeness (QED) is 0.704. The van der Waals surface area contributed by atoms with Crippen LogP contribution in [0.3, 0.4) is 0 Å². The predicted octanol–water partition coefficient (Wildman–Crippen LogP) is 3.13. The lowest BCUT2D eigenvalue weighted by molar-refractivity contribution is -0.139. The van der Waals surface area contributed by atoms with E-state index in [1.165, 1.54) is 22.8 Å². The van der Waals surface area contributed by atoms with E-state index >= 15 is 0 Å². The molecule has 0 saturated carbocycles. The normalized spacial score (nSPS) is 10.8. The monoisotopic (exact) mass is 361 g/mol. The highest BCUT2D eigenvalue weighted by Crippen LogP contribution is 2.30. The molecule has 0 amide bonds. The van der Waals surface area contributed by atoms with Crippen LogP contribution in [0.1, 0.15) is 16.1 Å². The van der Waals surface area contributed by atoms with Crippen molar-refractivity contribution in [2.24, 2.45) is 0 Å². The maximum absolute atomic E-state index is 13.4. The van der Waals surface area contributed by atoms with Gasteiger partial charge in [-0.1, -0.05) is 12.1 Å². The Bertz CT molecular complexity index is 1010. The van der Waals surface area contributed by atoms with Gasteiger partial charge in [-0.25, -0.2) is 18.4 Å². The van der Waals surface area contributed by atoms with Gasteiger partial charge in [-0.15, -0.1) is 0 Å². The number of nitrogens with zero attached hydrogens (tertiary/aromatic N) is 1. The Kier molecular flexibility index (Phi) is 4.57. The number of ether oxygens (including phenoxy) is 1. The van der Waals surface area contributed by atoms with Gasteiger partial charge in [-0.2, -0.15) is 0 Å². The summed E-state index contributed by atoms with van der Waals surface area (Å²) in [5.41, 5.74) is 0.756. The van der Waals surface area contributed by atoms with Crippen LogP contribution in [0.25, 0.3) is 10.9 Å². The molecular formula is C18H13F2NO5. The van der Waals surface area contributed by atoms with Crippen molar-refractivity contribution in [2.45, 2.75) is 6.54 Å². The van der Waals surface area contributed by atoms with E-state index in [0.29, 0.717) is 16.5 Å². The maximum Gasteiger partial charge on any atom is 0.352 e. The Hall–Kier alpha value is -3.42. The number of carboxylic acids is 2. The van der Waals surface area contributed by atoms with Crippen LogP contribution in [-0.4, -0.2) is 33.3 Å². The molecule has 2 aromatic carbocycles. The van der Waals surface area contributed by atoms with Crippen molar-refractivity contribution >= 4 is 22.8 Å². The lowest BCUT2D eigenvalue weighted by atomic mass is 10.2. The number of benzene rings is 2. The van der Waals surface area contributed by atoms with Crippen molar-refractivity contribution in [3.05, 3.63) is 65.4 Å². The van der Waals surface area contributed by atoms with Gasteiger partial charge < -0.3 is 19.5 Å². The van der Waals surface area contributed by atoms with Crippen LogP contribution in [0.5, 0.6) is 5.75 Å². The lowest BCUT2D eigenvalue weighted by Crippen LogP contribution is -2.10. The third kappa shape index (κ3) is 3.34. The molecule has 0 atom stereocenters. The summed E-state index contributed by atoms with van der Waals surface area (Å²) in [6.07, 6.45) is 0. The van der Waals surface area contributed by atoms with E-state index in [2.05, 4.69) is 0 Å². The number of aliphatic carboxylic acids is 1. The summed E-state index contributed by atoms with van der Waals surface area (Å²) in [5, 5.41) is 18.6. The molecule has 0 aliphatic carbocycles. The second kappa shape index (κ2) is 6.83.